The molecule has 3 amide bonds. The van der Waals surface area contributed by atoms with Gasteiger partial charge >= 0.3 is 0 Å². The summed E-state index contributed by atoms with van der Waals surface area (Å²) < 4.78 is 0. The van der Waals surface area contributed by atoms with Crippen LogP contribution in [0, 0.1) is 5.92 Å². The van der Waals surface area contributed by atoms with Crippen LogP contribution in [-0.4, -0.2) is 59.2 Å². The van der Waals surface area contributed by atoms with E-state index in [1.807, 2.05) is 6.07 Å². The van der Waals surface area contributed by atoms with Crippen LogP contribution in [0.25, 0.3) is 0 Å². The van der Waals surface area contributed by atoms with Gasteiger partial charge in [0.15, 0.2) is 0 Å². The first-order chi connectivity index (χ1) is 14.1. The van der Waals surface area contributed by atoms with Gasteiger partial charge in [0.25, 0.3) is 5.91 Å². The fourth-order valence-corrected chi connectivity index (χ4v) is 4.89. The van der Waals surface area contributed by atoms with Gasteiger partial charge in [0.2, 0.25) is 11.8 Å². The van der Waals surface area contributed by atoms with Gasteiger partial charge in [-0.3, -0.25) is 24.6 Å². The fourth-order valence-electron chi connectivity index (χ4n) is 4.89. The van der Waals surface area contributed by atoms with Gasteiger partial charge in [0.1, 0.15) is 6.04 Å². The van der Waals surface area contributed by atoms with Gasteiger partial charge < -0.3 is 10.2 Å². The number of fused-ring (bicyclic) bond motifs is 1. The Bertz CT molecular complexity index is 844. The Labute approximate surface area is 170 Å². The van der Waals surface area contributed by atoms with Crippen LogP contribution in [0.15, 0.2) is 18.2 Å². The molecule has 1 aromatic rings. The molecule has 0 bridgehead atoms. The molecule has 7 heteroatoms. The summed E-state index contributed by atoms with van der Waals surface area (Å²) in [7, 11) is 0. The number of piperidine rings is 1. The summed E-state index contributed by atoms with van der Waals surface area (Å²) in [5, 5.41) is 5.84. The monoisotopic (exact) mass is 396 g/mol. The molecular weight excluding hydrogens is 368 g/mol. The Balaban J connectivity index is 1.31. The number of hydrogen-bond acceptors (Lipinski definition) is 5. The van der Waals surface area contributed by atoms with E-state index < -0.39 is 6.04 Å². The zero-order chi connectivity index (χ0) is 20.0. The van der Waals surface area contributed by atoms with Gasteiger partial charge in [0.05, 0.1) is 0 Å². The molecule has 0 aromatic heterocycles. The van der Waals surface area contributed by atoms with Crippen molar-refractivity contribution in [1.82, 2.24) is 20.4 Å². The number of nitrogens with one attached hydrogen (secondary N) is 2. The molecule has 0 radical (unpaired) electrons. The average Bonchev–Trinajstić information content (AvgIpc) is 3.23. The molecule has 3 aliphatic heterocycles. The van der Waals surface area contributed by atoms with E-state index in [9.17, 15) is 14.4 Å². The Morgan fingerprint density at radius 2 is 1.97 bits per heavy atom. The number of imide groups is 1. The zero-order valence-electron chi connectivity index (χ0n) is 16.7. The molecule has 4 aliphatic rings. The minimum absolute atomic E-state index is 0.101. The van der Waals surface area contributed by atoms with E-state index in [1.54, 1.807) is 4.90 Å². The number of benzene rings is 1. The van der Waals surface area contributed by atoms with Gasteiger partial charge in [-0.2, -0.15) is 0 Å². The maximum Gasteiger partial charge on any atom is 0.255 e. The summed E-state index contributed by atoms with van der Waals surface area (Å²) >= 11 is 0. The zero-order valence-corrected chi connectivity index (χ0v) is 16.7. The average molecular weight is 396 g/mol. The smallest absolute Gasteiger partial charge is 0.255 e. The highest BCUT2D eigenvalue weighted by atomic mass is 16.2. The normalized spacial score (nSPS) is 26.9. The van der Waals surface area contributed by atoms with E-state index in [4.69, 9.17) is 0 Å². The molecule has 7 nitrogen and oxygen atoms in total. The molecule has 2 saturated heterocycles. The lowest BCUT2D eigenvalue weighted by molar-refractivity contribution is -0.136. The van der Waals surface area contributed by atoms with Crippen LogP contribution >= 0.6 is 0 Å². The first-order valence-electron chi connectivity index (χ1n) is 10.8. The lowest BCUT2D eigenvalue weighted by atomic mass is 10.0. The van der Waals surface area contributed by atoms with E-state index in [-0.39, 0.29) is 24.1 Å². The van der Waals surface area contributed by atoms with Gasteiger partial charge in [-0.1, -0.05) is 12.1 Å². The molecular formula is C22H28N4O3. The topological polar surface area (TPSA) is 81.8 Å². The standard InChI is InChI=1S/C22H28N4O3/c27-20-6-5-19(21(28)24-20)26-13-16-9-15(3-4-18(16)22(26)29)12-25(11-14-1-2-14)17-7-8-23-10-17/h3-4,9,14,17,19,23H,1-2,5-8,10-13H2,(H,24,27,28)/t17-,19?/m0/s1. The van der Waals surface area contributed by atoms with Crippen molar-refractivity contribution in [3.05, 3.63) is 34.9 Å². The predicted molar refractivity (Wildman–Crippen MR) is 107 cm³/mol. The van der Waals surface area contributed by atoms with E-state index in [2.05, 4.69) is 27.7 Å². The fraction of sp³-hybridized carbons (Fsp3) is 0.591. The van der Waals surface area contributed by atoms with Crippen molar-refractivity contribution >= 4 is 17.7 Å². The van der Waals surface area contributed by atoms with Crippen LogP contribution in [0.5, 0.6) is 0 Å². The highest BCUT2D eigenvalue weighted by Gasteiger charge is 2.39. The summed E-state index contributed by atoms with van der Waals surface area (Å²) in [5.41, 5.74) is 2.91. The van der Waals surface area contributed by atoms with Crippen molar-refractivity contribution in [2.45, 2.75) is 57.3 Å². The SMILES string of the molecule is O=C1CCC(N2Cc3cc(CN(CC4CC4)[C@H]4CCNC4)ccc3C2=O)C(=O)N1. The van der Waals surface area contributed by atoms with E-state index >= 15 is 0 Å². The number of hydrogen-bond donors (Lipinski definition) is 2. The highest BCUT2D eigenvalue weighted by Crippen LogP contribution is 2.32. The van der Waals surface area contributed by atoms with E-state index in [0.29, 0.717) is 24.6 Å². The Hall–Kier alpha value is -2.25. The minimum Gasteiger partial charge on any atom is -0.322 e. The second-order valence-corrected chi connectivity index (χ2v) is 8.91. The summed E-state index contributed by atoms with van der Waals surface area (Å²) in [6, 6.07) is 6.16. The van der Waals surface area contributed by atoms with Crippen molar-refractivity contribution in [2.24, 2.45) is 5.92 Å². The molecule has 1 aromatic carbocycles. The lowest BCUT2D eigenvalue weighted by Gasteiger charge is -2.29. The highest BCUT2D eigenvalue weighted by molar-refractivity contribution is 6.05. The maximum atomic E-state index is 12.9. The number of rotatable bonds is 6. The van der Waals surface area contributed by atoms with Crippen LogP contribution < -0.4 is 10.6 Å². The number of nitrogens with zero attached hydrogens (tertiary/aromatic N) is 2. The Kier molecular flexibility index (Phi) is 4.87. The number of amides is 3. The molecule has 1 unspecified atom stereocenters. The molecule has 1 aliphatic carbocycles. The minimum atomic E-state index is -0.549. The molecule has 3 heterocycles. The van der Waals surface area contributed by atoms with Gasteiger partial charge in [0, 0.05) is 44.2 Å². The molecule has 5 rings (SSSR count). The summed E-state index contributed by atoms with van der Waals surface area (Å²) in [6.07, 6.45) is 4.57. The van der Waals surface area contributed by atoms with E-state index in [0.717, 1.165) is 37.7 Å². The first kappa shape index (κ1) is 18.8. The lowest BCUT2D eigenvalue weighted by Crippen LogP contribution is -2.52. The summed E-state index contributed by atoms with van der Waals surface area (Å²) in [4.78, 5) is 40.7. The van der Waals surface area contributed by atoms with E-state index in [1.165, 1.54) is 24.8 Å². The molecule has 29 heavy (non-hydrogen) atoms. The third kappa shape index (κ3) is 3.81. The second-order valence-electron chi connectivity index (χ2n) is 8.91. The van der Waals surface area contributed by atoms with Crippen LogP contribution in [0.1, 0.15) is 53.6 Å². The van der Waals surface area contributed by atoms with Gasteiger partial charge in [-0.15, -0.1) is 0 Å². The van der Waals surface area contributed by atoms with Gasteiger partial charge in [-0.05, 0) is 55.3 Å². The van der Waals surface area contributed by atoms with Gasteiger partial charge in [-0.25, -0.2) is 0 Å². The molecule has 3 fully saturated rings. The first-order valence-corrected chi connectivity index (χ1v) is 10.8. The summed E-state index contributed by atoms with van der Waals surface area (Å²) in [5.74, 6) is 0.132. The molecule has 2 N–H and O–H groups in total. The van der Waals surface area contributed by atoms with Crippen LogP contribution in [0.4, 0.5) is 0 Å². The van der Waals surface area contributed by atoms with Crippen molar-refractivity contribution in [3.63, 3.8) is 0 Å². The Morgan fingerprint density at radius 3 is 2.69 bits per heavy atom. The van der Waals surface area contributed by atoms with Crippen molar-refractivity contribution in [2.75, 3.05) is 19.6 Å². The molecule has 0 spiro atoms. The molecule has 1 saturated carbocycles. The van der Waals surface area contributed by atoms with Crippen molar-refractivity contribution in [3.8, 4) is 0 Å². The number of carbonyl (C=O) groups excluding carboxylic acids is 3. The maximum absolute atomic E-state index is 12.9. The van der Waals surface area contributed by atoms with Crippen molar-refractivity contribution in [1.29, 1.82) is 0 Å². The Morgan fingerprint density at radius 1 is 1.10 bits per heavy atom. The largest absolute Gasteiger partial charge is 0.322 e. The van der Waals surface area contributed by atoms with Crippen LogP contribution in [0.2, 0.25) is 0 Å². The third-order valence-corrected chi connectivity index (χ3v) is 6.71. The molecule has 154 valence electrons. The third-order valence-electron chi connectivity index (χ3n) is 6.71. The molecule has 2 atom stereocenters. The second kappa shape index (κ2) is 7.54. The van der Waals surface area contributed by atoms with Crippen LogP contribution in [-0.2, 0) is 22.7 Å². The quantitative estimate of drug-likeness (QED) is 0.702. The summed E-state index contributed by atoms with van der Waals surface area (Å²) in [6.45, 7) is 4.65. The van der Waals surface area contributed by atoms with Crippen molar-refractivity contribution < 1.29 is 14.4 Å². The van der Waals surface area contributed by atoms with Crippen LogP contribution in [0.3, 0.4) is 0 Å². The predicted octanol–water partition coefficient (Wildman–Crippen LogP) is 1.02. The number of carbonyl (C=O) groups is 3.